The predicted octanol–water partition coefficient (Wildman–Crippen LogP) is 1.57. The number of hydrogen-bond donors (Lipinski definition) is 1. The summed E-state index contributed by atoms with van der Waals surface area (Å²) in [6, 6.07) is 1.41. The number of anilines is 1. The van der Waals surface area contributed by atoms with Crippen molar-refractivity contribution in [2.45, 2.75) is 45.3 Å². The molecule has 2 saturated heterocycles. The van der Waals surface area contributed by atoms with Gasteiger partial charge in [0.2, 0.25) is 11.8 Å². The van der Waals surface area contributed by atoms with E-state index in [0.29, 0.717) is 32.5 Å². The predicted molar refractivity (Wildman–Crippen MR) is 120 cm³/mol. The number of ether oxygens (including phenoxy) is 1. The summed E-state index contributed by atoms with van der Waals surface area (Å²) < 4.78 is 20.2. The number of benzene rings is 1. The number of likely N-dealkylation sites (N-methyl/N-ethyl adjacent to an activating group) is 1. The molecule has 10 nitrogen and oxygen atoms in total. The third-order valence-electron chi connectivity index (χ3n) is 5.75. The first-order valence-corrected chi connectivity index (χ1v) is 11.0. The Morgan fingerprint density at radius 3 is 2.38 bits per heavy atom. The van der Waals surface area contributed by atoms with Gasteiger partial charge in [-0.25, -0.2) is 9.18 Å². The molecule has 0 bridgehead atoms. The lowest BCUT2D eigenvalue weighted by molar-refractivity contribution is -0.136. The Bertz CT molecular complexity index is 1010. The van der Waals surface area contributed by atoms with Gasteiger partial charge in [0.1, 0.15) is 17.5 Å². The maximum atomic E-state index is 14.9. The van der Waals surface area contributed by atoms with Gasteiger partial charge in [-0.1, -0.05) is 0 Å². The van der Waals surface area contributed by atoms with E-state index in [1.807, 2.05) is 0 Å². The second-order valence-corrected chi connectivity index (χ2v) is 9.35. The monoisotopic (exact) mass is 476 g/mol. The molecule has 0 aromatic heterocycles. The van der Waals surface area contributed by atoms with Crippen molar-refractivity contribution < 1.29 is 33.1 Å². The minimum atomic E-state index is -0.879. The number of piperazine rings is 1. The molecule has 1 aromatic carbocycles. The summed E-state index contributed by atoms with van der Waals surface area (Å²) in [5.74, 6) is -2.32. The number of halogens is 1. The lowest BCUT2D eigenvalue weighted by atomic mass is 10.0. The first-order chi connectivity index (χ1) is 15.9. The average molecular weight is 477 g/mol. The molecule has 1 N–H and O–H groups in total. The Labute approximate surface area is 197 Å². The molecular formula is C23H29FN4O6. The molecule has 0 saturated carbocycles. The molecule has 2 aliphatic heterocycles. The normalized spacial score (nSPS) is 18.9. The van der Waals surface area contributed by atoms with Gasteiger partial charge in [0, 0.05) is 45.2 Å². The molecule has 0 aliphatic carbocycles. The summed E-state index contributed by atoms with van der Waals surface area (Å²) in [4.78, 5) is 65.0. The number of rotatable bonds is 4. The number of hydrogen-bond acceptors (Lipinski definition) is 7. The largest absolute Gasteiger partial charge is 0.444 e. The highest BCUT2D eigenvalue weighted by Gasteiger charge is 2.34. The van der Waals surface area contributed by atoms with Crippen molar-refractivity contribution in [3.05, 3.63) is 29.1 Å². The van der Waals surface area contributed by atoms with Gasteiger partial charge in [0.25, 0.3) is 5.91 Å². The number of amides is 4. The zero-order chi connectivity index (χ0) is 25.2. The zero-order valence-corrected chi connectivity index (χ0v) is 19.7. The van der Waals surface area contributed by atoms with E-state index >= 15 is 0 Å². The van der Waals surface area contributed by atoms with Crippen molar-refractivity contribution in [3.63, 3.8) is 0 Å². The summed E-state index contributed by atoms with van der Waals surface area (Å²) in [6.07, 6.45) is 0.180. The minimum absolute atomic E-state index is 0.0480. The second-order valence-electron chi connectivity index (χ2n) is 9.35. The third-order valence-corrected chi connectivity index (χ3v) is 5.75. The van der Waals surface area contributed by atoms with E-state index in [9.17, 15) is 28.4 Å². The molecule has 11 heteroatoms. The SMILES string of the molecule is CN(C(=O)c1cc(N2CCN(C(=O)OC(C)(C)C)CC2)c(F)cc1C=O)C1CCC(=O)NC1=O. The van der Waals surface area contributed by atoms with Crippen LogP contribution in [0, 0.1) is 5.82 Å². The smallest absolute Gasteiger partial charge is 0.410 e. The van der Waals surface area contributed by atoms with Gasteiger partial charge < -0.3 is 19.4 Å². The summed E-state index contributed by atoms with van der Waals surface area (Å²) >= 11 is 0. The first kappa shape index (κ1) is 25.1. The molecule has 1 aromatic rings. The number of nitrogens with zero attached hydrogens (tertiary/aromatic N) is 3. The molecule has 1 atom stereocenters. The number of carbonyl (C=O) groups excluding carboxylic acids is 5. The Kier molecular flexibility index (Phi) is 7.23. The van der Waals surface area contributed by atoms with Gasteiger partial charge in [0.05, 0.1) is 11.3 Å². The molecule has 2 aliphatic rings. The lowest BCUT2D eigenvalue weighted by Crippen LogP contribution is -2.53. The van der Waals surface area contributed by atoms with Crippen molar-refractivity contribution in [1.82, 2.24) is 15.1 Å². The van der Waals surface area contributed by atoms with Crippen molar-refractivity contribution in [1.29, 1.82) is 0 Å². The van der Waals surface area contributed by atoms with Gasteiger partial charge in [-0.15, -0.1) is 0 Å². The highest BCUT2D eigenvalue weighted by molar-refractivity contribution is 6.06. The van der Waals surface area contributed by atoms with E-state index in [1.54, 1.807) is 25.7 Å². The summed E-state index contributed by atoms with van der Waals surface area (Å²) in [6.45, 7) is 6.51. The number of piperidine rings is 1. The van der Waals surface area contributed by atoms with Crippen LogP contribution in [0.1, 0.15) is 54.3 Å². The topological polar surface area (TPSA) is 116 Å². The molecule has 2 heterocycles. The van der Waals surface area contributed by atoms with Gasteiger partial charge in [-0.2, -0.15) is 0 Å². The quantitative estimate of drug-likeness (QED) is 0.518. The average Bonchev–Trinajstić information content (AvgIpc) is 2.77. The molecule has 3 rings (SSSR count). The van der Waals surface area contributed by atoms with Crippen LogP contribution in [0.25, 0.3) is 0 Å². The van der Waals surface area contributed by atoms with Crippen LogP contribution < -0.4 is 10.2 Å². The number of nitrogens with one attached hydrogen (secondary N) is 1. The first-order valence-electron chi connectivity index (χ1n) is 11.0. The van der Waals surface area contributed by atoms with Crippen LogP contribution in [0.5, 0.6) is 0 Å². The molecular weight excluding hydrogens is 447 g/mol. The molecule has 2 fully saturated rings. The van der Waals surface area contributed by atoms with Crippen molar-refractivity contribution in [2.24, 2.45) is 0 Å². The number of carbonyl (C=O) groups is 5. The second kappa shape index (κ2) is 9.78. The highest BCUT2D eigenvalue weighted by atomic mass is 19.1. The Hall–Kier alpha value is -3.50. The molecule has 1 unspecified atom stereocenters. The van der Waals surface area contributed by atoms with Gasteiger partial charge in [-0.3, -0.25) is 24.5 Å². The van der Waals surface area contributed by atoms with Gasteiger partial charge in [0.15, 0.2) is 6.29 Å². The summed E-state index contributed by atoms with van der Waals surface area (Å²) in [7, 11) is 1.40. The molecule has 0 radical (unpaired) electrons. The maximum Gasteiger partial charge on any atom is 0.410 e. The molecule has 34 heavy (non-hydrogen) atoms. The standard InChI is InChI=1S/C23H29FN4O6/c1-23(2,3)34-22(33)28-9-7-27(8-10-28)18-12-15(14(13-29)11-16(18)24)21(32)26(4)17-5-6-19(30)25-20(17)31/h11-13,17H,5-10H2,1-4H3,(H,25,30,31). The van der Waals surface area contributed by atoms with Crippen molar-refractivity contribution >= 4 is 35.8 Å². The van der Waals surface area contributed by atoms with Crippen LogP contribution in [0.15, 0.2) is 12.1 Å². The lowest BCUT2D eigenvalue weighted by Gasteiger charge is -2.37. The fourth-order valence-corrected chi connectivity index (χ4v) is 3.94. The van der Waals surface area contributed by atoms with E-state index in [-0.39, 0.29) is 29.7 Å². The van der Waals surface area contributed by atoms with Gasteiger partial charge >= 0.3 is 6.09 Å². The molecule has 0 spiro atoms. The number of imide groups is 1. The summed E-state index contributed by atoms with van der Waals surface area (Å²) in [5.41, 5.74) is -0.699. The van der Waals surface area contributed by atoms with E-state index in [1.165, 1.54) is 18.0 Å². The van der Waals surface area contributed by atoms with Crippen LogP contribution in [0.3, 0.4) is 0 Å². The van der Waals surface area contributed by atoms with E-state index in [0.717, 1.165) is 11.0 Å². The maximum absolute atomic E-state index is 14.9. The van der Waals surface area contributed by atoms with Crippen LogP contribution in [-0.4, -0.2) is 84.8 Å². The Morgan fingerprint density at radius 1 is 1.18 bits per heavy atom. The van der Waals surface area contributed by atoms with Crippen LogP contribution in [-0.2, 0) is 14.3 Å². The van der Waals surface area contributed by atoms with Crippen LogP contribution >= 0.6 is 0 Å². The van der Waals surface area contributed by atoms with Crippen LogP contribution in [0.4, 0.5) is 14.9 Å². The highest BCUT2D eigenvalue weighted by Crippen LogP contribution is 2.27. The fraction of sp³-hybridized carbons (Fsp3) is 0.522. The molecule has 4 amide bonds. The summed E-state index contributed by atoms with van der Waals surface area (Å²) in [5, 5.41) is 2.19. The molecule has 184 valence electrons. The Morgan fingerprint density at radius 2 is 1.82 bits per heavy atom. The van der Waals surface area contributed by atoms with Crippen molar-refractivity contribution in [3.8, 4) is 0 Å². The third kappa shape index (κ3) is 5.52. The zero-order valence-electron chi connectivity index (χ0n) is 19.7. The van der Waals surface area contributed by atoms with Crippen molar-refractivity contribution in [2.75, 3.05) is 38.1 Å². The fourth-order valence-electron chi connectivity index (χ4n) is 3.94. The minimum Gasteiger partial charge on any atom is -0.444 e. The Balaban J connectivity index is 1.79. The van der Waals surface area contributed by atoms with E-state index < -0.39 is 41.3 Å². The van der Waals surface area contributed by atoms with E-state index in [4.69, 9.17) is 4.74 Å². The van der Waals surface area contributed by atoms with Crippen LogP contribution in [0.2, 0.25) is 0 Å². The van der Waals surface area contributed by atoms with Gasteiger partial charge in [-0.05, 0) is 39.3 Å². The number of aldehydes is 1. The van der Waals surface area contributed by atoms with E-state index in [2.05, 4.69) is 5.32 Å².